The van der Waals surface area contributed by atoms with Crippen LogP contribution in [-0.4, -0.2) is 25.9 Å². The van der Waals surface area contributed by atoms with Gasteiger partial charge in [-0.2, -0.15) is 0 Å². The van der Waals surface area contributed by atoms with E-state index in [2.05, 4.69) is 21.2 Å². The number of hydrogen-bond donors (Lipinski definition) is 1. The number of cyclic esters (lactones) is 1. The summed E-state index contributed by atoms with van der Waals surface area (Å²) in [4.78, 5) is 10.8. The highest BCUT2D eigenvalue weighted by Crippen LogP contribution is 2.26. The monoisotopic (exact) mass is 285 g/mol. The van der Waals surface area contributed by atoms with E-state index in [0.717, 1.165) is 22.2 Å². The summed E-state index contributed by atoms with van der Waals surface area (Å²) >= 11 is 3.42. The maximum Gasteiger partial charge on any atom is 0.407 e. The molecule has 0 aromatic heterocycles. The quantitative estimate of drug-likeness (QED) is 0.925. The Balaban J connectivity index is 2.04. The van der Waals surface area contributed by atoms with Gasteiger partial charge in [-0.15, -0.1) is 0 Å². The van der Waals surface area contributed by atoms with E-state index in [-0.39, 0.29) is 12.1 Å². The van der Waals surface area contributed by atoms with E-state index in [9.17, 15) is 4.79 Å². The van der Waals surface area contributed by atoms with Gasteiger partial charge < -0.3 is 14.8 Å². The van der Waals surface area contributed by atoms with Crippen molar-refractivity contribution in [3.8, 4) is 5.75 Å². The maximum absolute atomic E-state index is 10.8. The number of nitrogens with one attached hydrogen (secondary N) is 1. The molecule has 86 valence electrons. The molecule has 4 nitrogen and oxygen atoms in total. The van der Waals surface area contributed by atoms with E-state index in [1.54, 1.807) is 7.11 Å². The first kappa shape index (κ1) is 11.3. The molecule has 0 aliphatic carbocycles. The fourth-order valence-corrected chi connectivity index (χ4v) is 2.25. The minimum Gasteiger partial charge on any atom is -0.496 e. The lowest BCUT2D eigenvalue weighted by Gasteiger charge is -2.09. The number of alkyl carbamates (subject to hydrolysis) is 1. The first-order valence-electron chi connectivity index (χ1n) is 4.95. The van der Waals surface area contributed by atoms with Gasteiger partial charge in [0.2, 0.25) is 0 Å². The third-order valence-electron chi connectivity index (χ3n) is 2.44. The number of halogens is 1. The van der Waals surface area contributed by atoms with Crippen LogP contribution in [0.4, 0.5) is 4.79 Å². The molecule has 1 aromatic carbocycles. The van der Waals surface area contributed by atoms with Gasteiger partial charge in [0, 0.05) is 0 Å². The number of methoxy groups -OCH3 is 1. The van der Waals surface area contributed by atoms with Gasteiger partial charge in [-0.25, -0.2) is 4.79 Å². The van der Waals surface area contributed by atoms with Gasteiger partial charge in [0.1, 0.15) is 12.4 Å². The molecule has 0 bridgehead atoms. The Bertz CT molecular complexity index is 408. The van der Waals surface area contributed by atoms with Crippen molar-refractivity contribution in [1.29, 1.82) is 0 Å². The largest absolute Gasteiger partial charge is 0.496 e. The number of carbonyl (C=O) groups is 1. The van der Waals surface area contributed by atoms with Crippen molar-refractivity contribution in [3.05, 3.63) is 28.2 Å². The molecule has 5 heteroatoms. The Labute approximate surface area is 102 Å². The minimum atomic E-state index is -0.336. The van der Waals surface area contributed by atoms with Crippen molar-refractivity contribution in [2.45, 2.75) is 12.5 Å². The van der Waals surface area contributed by atoms with Gasteiger partial charge in [0.05, 0.1) is 17.6 Å². The molecule has 0 saturated carbocycles. The summed E-state index contributed by atoms with van der Waals surface area (Å²) in [6.07, 6.45) is 0.423. The Morgan fingerprint density at radius 2 is 2.44 bits per heavy atom. The fraction of sp³-hybridized carbons (Fsp3) is 0.364. The van der Waals surface area contributed by atoms with Crippen LogP contribution >= 0.6 is 15.9 Å². The summed E-state index contributed by atoms with van der Waals surface area (Å²) in [5.41, 5.74) is 1.13. The molecule has 1 saturated heterocycles. The number of carbonyl (C=O) groups excluding carboxylic acids is 1. The summed E-state index contributed by atoms with van der Waals surface area (Å²) in [6.45, 7) is 0.433. The molecule has 1 aromatic rings. The second-order valence-electron chi connectivity index (χ2n) is 3.61. The second-order valence-corrected chi connectivity index (χ2v) is 4.47. The van der Waals surface area contributed by atoms with Crippen LogP contribution in [0.15, 0.2) is 22.7 Å². The van der Waals surface area contributed by atoms with Crippen LogP contribution in [0.1, 0.15) is 5.56 Å². The van der Waals surface area contributed by atoms with Gasteiger partial charge >= 0.3 is 6.09 Å². The highest BCUT2D eigenvalue weighted by Gasteiger charge is 2.22. The lowest BCUT2D eigenvalue weighted by atomic mass is 10.1. The molecule has 1 aliphatic heterocycles. The van der Waals surface area contributed by atoms with Crippen LogP contribution in [0.2, 0.25) is 0 Å². The van der Waals surface area contributed by atoms with Gasteiger partial charge in [0.25, 0.3) is 0 Å². The molecule has 1 amide bonds. The SMILES string of the molecule is COc1ccc(CC2COC(=O)N2)cc1Br. The van der Waals surface area contributed by atoms with E-state index in [4.69, 9.17) is 9.47 Å². The minimum absolute atomic E-state index is 0.0628. The average molecular weight is 286 g/mol. The molecule has 2 rings (SSSR count). The average Bonchev–Trinajstić information content (AvgIpc) is 2.64. The van der Waals surface area contributed by atoms with Gasteiger partial charge in [0.15, 0.2) is 0 Å². The zero-order valence-corrected chi connectivity index (χ0v) is 10.4. The molecule has 1 aliphatic rings. The van der Waals surface area contributed by atoms with Gasteiger partial charge in [-0.3, -0.25) is 0 Å². The van der Waals surface area contributed by atoms with Crippen molar-refractivity contribution < 1.29 is 14.3 Å². The summed E-state index contributed by atoms with van der Waals surface area (Å²) in [5, 5.41) is 2.74. The summed E-state index contributed by atoms with van der Waals surface area (Å²) in [7, 11) is 1.63. The predicted molar refractivity (Wildman–Crippen MR) is 62.7 cm³/mol. The lowest BCUT2D eigenvalue weighted by molar-refractivity contribution is 0.177. The molecule has 0 radical (unpaired) electrons. The van der Waals surface area contributed by atoms with Gasteiger partial charge in [-0.1, -0.05) is 6.07 Å². The second kappa shape index (κ2) is 4.74. The van der Waals surface area contributed by atoms with E-state index in [1.165, 1.54) is 0 Å². The topological polar surface area (TPSA) is 47.6 Å². The molecule has 1 atom stereocenters. The maximum atomic E-state index is 10.8. The molecule has 0 spiro atoms. The van der Waals surface area contributed by atoms with Crippen LogP contribution in [0.25, 0.3) is 0 Å². The molecule has 1 unspecified atom stereocenters. The van der Waals surface area contributed by atoms with Crippen LogP contribution < -0.4 is 10.1 Å². The van der Waals surface area contributed by atoms with E-state index >= 15 is 0 Å². The third-order valence-corrected chi connectivity index (χ3v) is 3.06. The predicted octanol–water partition coefficient (Wildman–Crippen LogP) is 2.11. The normalized spacial score (nSPS) is 19.1. The van der Waals surface area contributed by atoms with E-state index in [0.29, 0.717) is 6.61 Å². The Hall–Kier alpha value is -1.23. The van der Waals surface area contributed by atoms with Crippen molar-refractivity contribution >= 4 is 22.0 Å². The molecule has 16 heavy (non-hydrogen) atoms. The Kier molecular flexibility index (Phi) is 3.33. The fourth-order valence-electron chi connectivity index (χ4n) is 1.66. The summed E-state index contributed by atoms with van der Waals surface area (Å²) < 4.78 is 10.9. The van der Waals surface area contributed by atoms with Crippen molar-refractivity contribution in [1.82, 2.24) is 5.32 Å². The molecular weight excluding hydrogens is 274 g/mol. The van der Waals surface area contributed by atoms with Crippen molar-refractivity contribution in [3.63, 3.8) is 0 Å². The van der Waals surface area contributed by atoms with Crippen molar-refractivity contribution in [2.75, 3.05) is 13.7 Å². The molecule has 1 heterocycles. The number of amides is 1. The molecular formula is C11H12BrNO3. The highest BCUT2D eigenvalue weighted by atomic mass is 79.9. The zero-order valence-electron chi connectivity index (χ0n) is 8.83. The number of rotatable bonds is 3. The third kappa shape index (κ3) is 2.47. The van der Waals surface area contributed by atoms with Crippen molar-refractivity contribution in [2.24, 2.45) is 0 Å². The summed E-state index contributed by atoms with van der Waals surface area (Å²) in [6, 6.07) is 5.93. The van der Waals surface area contributed by atoms with Crippen LogP contribution in [0, 0.1) is 0 Å². The van der Waals surface area contributed by atoms with Gasteiger partial charge in [-0.05, 0) is 40.0 Å². The smallest absolute Gasteiger partial charge is 0.407 e. The highest BCUT2D eigenvalue weighted by molar-refractivity contribution is 9.10. The molecule has 1 fully saturated rings. The molecule has 1 N–H and O–H groups in total. The van der Waals surface area contributed by atoms with Crippen LogP contribution in [-0.2, 0) is 11.2 Å². The van der Waals surface area contributed by atoms with Crippen LogP contribution in [0.5, 0.6) is 5.75 Å². The lowest BCUT2D eigenvalue weighted by Crippen LogP contribution is -2.28. The number of ether oxygens (including phenoxy) is 2. The zero-order chi connectivity index (χ0) is 11.5. The first-order chi connectivity index (χ1) is 7.69. The van der Waals surface area contributed by atoms with Crippen LogP contribution in [0.3, 0.4) is 0 Å². The van der Waals surface area contributed by atoms with E-state index < -0.39 is 0 Å². The Morgan fingerprint density at radius 1 is 1.62 bits per heavy atom. The Morgan fingerprint density at radius 3 is 3.00 bits per heavy atom. The number of hydrogen-bond acceptors (Lipinski definition) is 3. The summed E-state index contributed by atoms with van der Waals surface area (Å²) in [5.74, 6) is 0.801. The number of benzene rings is 1. The van der Waals surface area contributed by atoms with E-state index in [1.807, 2.05) is 18.2 Å². The standard InChI is InChI=1S/C11H12BrNO3/c1-15-10-3-2-7(5-9(10)12)4-8-6-16-11(14)13-8/h2-3,5,8H,4,6H2,1H3,(H,13,14). The first-order valence-corrected chi connectivity index (χ1v) is 5.74.